The Morgan fingerprint density at radius 2 is 2.12 bits per heavy atom. The molecule has 0 radical (unpaired) electrons. The number of benzene rings is 2. The lowest BCUT2D eigenvalue weighted by atomic mass is 9.89. The Hall–Kier alpha value is -2.02. The van der Waals surface area contributed by atoms with Gasteiger partial charge < -0.3 is 9.47 Å². The molecule has 2 aromatic rings. The van der Waals surface area contributed by atoms with Crippen LogP contribution in [0.25, 0.3) is 11.1 Å². The van der Waals surface area contributed by atoms with Gasteiger partial charge in [0.2, 0.25) is 10.0 Å². The van der Waals surface area contributed by atoms with E-state index in [0.29, 0.717) is 28.5 Å². The second kappa shape index (κ2) is 6.71. The van der Waals surface area contributed by atoms with Gasteiger partial charge >= 0.3 is 0 Å². The molecular formula is C18H18ClNO4S. The molecule has 0 spiro atoms. The van der Waals surface area contributed by atoms with Crippen LogP contribution >= 0.6 is 11.6 Å². The lowest BCUT2D eigenvalue weighted by Crippen LogP contribution is -2.17. The van der Waals surface area contributed by atoms with Crippen molar-refractivity contribution in [1.29, 1.82) is 0 Å². The van der Waals surface area contributed by atoms with Crippen LogP contribution in [-0.2, 0) is 15.8 Å². The third-order valence-corrected chi connectivity index (χ3v) is 5.06. The first-order chi connectivity index (χ1) is 11.8. The van der Waals surface area contributed by atoms with Crippen molar-refractivity contribution in [3.63, 3.8) is 0 Å². The van der Waals surface area contributed by atoms with E-state index in [1.165, 1.54) is 0 Å². The summed E-state index contributed by atoms with van der Waals surface area (Å²) < 4.78 is 34.4. The molecule has 0 bridgehead atoms. The number of sulfonamides is 1. The highest BCUT2D eigenvalue weighted by molar-refractivity contribution is 7.88. The molecule has 1 heterocycles. The molecule has 0 saturated heterocycles. The molecule has 25 heavy (non-hydrogen) atoms. The molecule has 1 atom stereocenters. The third kappa shape index (κ3) is 3.51. The van der Waals surface area contributed by atoms with Crippen molar-refractivity contribution in [3.8, 4) is 22.6 Å². The van der Waals surface area contributed by atoms with Crippen molar-refractivity contribution >= 4 is 21.6 Å². The van der Waals surface area contributed by atoms with Gasteiger partial charge in [0, 0.05) is 12.0 Å². The van der Waals surface area contributed by atoms with Crippen LogP contribution in [0.15, 0.2) is 43.0 Å². The van der Waals surface area contributed by atoms with Crippen LogP contribution in [0.1, 0.15) is 23.7 Å². The lowest BCUT2D eigenvalue weighted by molar-refractivity contribution is 0.205. The number of nitrogens with two attached hydrogens (primary N) is 1. The van der Waals surface area contributed by atoms with E-state index in [9.17, 15) is 8.42 Å². The summed E-state index contributed by atoms with van der Waals surface area (Å²) in [6.45, 7) is 3.77. The van der Waals surface area contributed by atoms with Crippen LogP contribution in [0.5, 0.6) is 11.5 Å². The maximum atomic E-state index is 11.4. The van der Waals surface area contributed by atoms with Gasteiger partial charge in [0.1, 0.15) is 17.6 Å². The molecule has 2 aromatic carbocycles. The summed E-state index contributed by atoms with van der Waals surface area (Å²) in [6.07, 6.45) is 2.07. The zero-order valence-electron chi connectivity index (χ0n) is 13.7. The van der Waals surface area contributed by atoms with Gasteiger partial charge in [0.15, 0.2) is 0 Å². The molecule has 5 nitrogen and oxygen atoms in total. The highest BCUT2D eigenvalue weighted by atomic mass is 35.5. The summed E-state index contributed by atoms with van der Waals surface area (Å²) in [4.78, 5) is 0. The van der Waals surface area contributed by atoms with E-state index in [-0.39, 0.29) is 11.9 Å². The van der Waals surface area contributed by atoms with Gasteiger partial charge in [-0.1, -0.05) is 35.9 Å². The summed E-state index contributed by atoms with van der Waals surface area (Å²) >= 11 is 6.25. The van der Waals surface area contributed by atoms with E-state index in [4.69, 9.17) is 26.2 Å². The van der Waals surface area contributed by atoms with Crippen LogP contribution in [0.4, 0.5) is 0 Å². The number of halogens is 1. The molecule has 0 fully saturated rings. The fourth-order valence-electron chi connectivity index (χ4n) is 3.06. The quantitative estimate of drug-likeness (QED) is 0.801. The molecule has 0 saturated carbocycles. The Balaban J connectivity index is 2.21. The van der Waals surface area contributed by atoms with E-state index < -0.39 is 10.0 Å². The van der Waals surface area contributed by atoms with Crippen molar-refractivity contribution in [1.82, 2.24) is 0 Å². The van der Waals surface area contributed by atoms with Crippen molar-refractivity contribution in [2.45, 2.75) is 18.3 Å². The minimum Gasteiger partial charge on any atom is -0.494 e. The van der Waals surface area contributed by atoms with E-state index >= 15 is 0 Å². The molecule has 3 rings (SSSR count). The number of primary sulfonamides is 1. The summed E-state index contributed by atoms with van der Waals surface area (Å²) in [5.41, 5.74) is 3.11. The Morgan fingerprint density at radius 3 is 2.76 bits per heavy atom. The SMILES string of the molecule is C=CCC1Oc2ccc(Cl)c(OC)c2-c2ccc(CS(N)(=O)=O)cc21. The van der Waals surface area contributed by atoms with Crippen LogP contribution in [0.2, 0.25) is 5.02 Å². The average molecular weight is 380 g/mol. The van der Waals surface area contributed by atoms with Crippen LogP contribution < -0.4 is 14.6 Å². The molecule has 2 N–H and O–H groups in total. The molecule has 1 unspecified atom stereocenters. The number of fused-ring (bicyclic) bond motifs is 3. The lowest BCUT2D eigenvalue weighted by Gasteiger charge is -2.30. The maximum Gasteiger partial charge on any atom is 0.213 e. The monoisotopic (exact) mass is 379 g/mol. The molecule has 132 valence electrons. The number of hydrogen-bond acceptors (Lipinski definition) is 4. The Morgan fingerprint density at radius 1 is 1.36 bits per heavy atom. The second-order valence-electron chi connectivity index (χ2n) is 5.81. The molecule has 0 amide bonds. The van der Waals surface area contributed by atoms with Crippen LogP contribution in [0.3, 0.4) is 0 Å². The Bertz CT molecular complexity index is 940. The van der Waals surface area contributed by atoms with E-state index in [2.05, 4.69) is 6.58 Å². The second-order valence-corrected chi connectivity index (χ2v) is 7.84. The summed E-state index contributed by atoms with van der Waals surface area (Å²) in [5.74, 6) is 0.956. The average Bonchev–Trinajstić information content (AvgIpc) is 2.54. The van der Waals surface area contributed by atoms with Gasteiger partial charge in [0.05, 0.1) is 23.4 Å². The van der Waals surface area contributed by atoms with Crippen molar-refractivity contribution in [3.05, 3.63) is 59.1 Å². The Kier molecular flexibility index (Phi) is 4.77. The molecular weight excluding hydrogens is 362 g/mol. The highest BCUT2D eigenvalue weighted by Crippen LogP contribution is 2.50. The first-order valence-electron chi connectivity index (χ1n) is 7.61. The van der Waals surface area contributed by atoms with Crippen LogP contribution in [-0.4, -0.2) is 15.5 Å². The topological polar surface area (TPSA) is 78.6 Å². The first-order valence-corrected chi connectivity index (χ1v) is 9.71. The molecule has 1 aliphatic rings. The minimum atomic E-state index is -3.62. The molecule has 0 aromatic heterocycles. The van der Waals surface area contributed by atoms with Gasteiger partial charge in [-0.3, -0.25) is 0 Å². The normalized spacial score (nSPS) is 15.7. The summed E-state index contributed by atoms with van der Waals surface area (Å²) in [5, 5.41) is 5.64. The predicted octanol–water partition coefficient (Wildman–Crippen LogP) is 3.81. The number of ether oxygens (including phenoxy) is 2. The van der Waals surface area contributed by atoms with Crippen molar-refractivity contribution in [2.24, 2.45) is 5.14 Å². The summed E-state index contributed by atoms with van der Waals surface area (Å²) in [7, 11) is -2.07. The fourth-order valence-corrected chi connectivity index (χ4v) is 3.94. The van der Waals surface area contributed by atoms with E-state index in [1.54, 1.807) is 37.5 Å². The molecule has 0 aliphatic carbocycles. The minimum absolute atomic E-state index is 0.235. The fraction of sp³-hybridized carbons (Fsp3) is 0.222. The number of methoxy groups -OCH3 is 1. The van der Waals surface area contributed by atoms with E-state index in [1.807, 2.05) is 6.07 Å². The largest absolute Gasteiger partial charge is 0.494 e. The predicted molar refractivity (Wildman–Crippen MR) is 98.4 cm³/mol. The number of rotatable bonds is 5. The van der Waals surface area contributed by atoms with Gasteiger partial charge in [-0.2, -0.15) is 0 Å². The van der Waals surface area contributed by atoms with Gasteiger partial charge in [-0.05, 0) is 23.3 Å². The molecule has 7 heteroatoms. The zero-order valence-corrected chi connectivity index (χ0v) is 15.2. The van der Waals surface area contributed by atoms with Crippen molar-refractivity contribution in [2.75, 3.05) is 7.11 Å². The van der Waals surface area contributed by atoms with Gasteiger partial charge in [-0.25, -0.2) is 13.6 Å². The third-order valence-electron chi connectivity index (χ3n) is 4.03. The van der Waals surface area contributed by atoms with Crippen LogP contribution in [0, 0.1) is 0 Å². The summed E-state index contributed by atoms with van der Waals surface area (Å²) in [6, 6.07) is 8.93. The smallest absolute Gasteiger partial charge is 0.213 e. The Labute approximate surface area is 152 Å². The van der Waals surface area contributed by atoms with E-state index in [0.717, 1.165) is 16.7 Å². The standard InChI is InChI=1S/C18H18ClNO4S/c1-3-4-15-13-9-11(10-25(20,21)22)5-6-12(13)17-16(24-15)8-7-14(19)18(17)23-2/h3,5-9,15H,1,4,10H2,2H3,(H2,20,21,22). The van der Waals surface area contributed by atoms with Gasteiger partial charge in [-0.15, -0.1) is 6.58 Å². The zero-order chi connectivity index (χ0) is 18.2. The molecule has 1 aliphatic heterocycles. The highest BCUT2D eigenvalue weighted by Gasteiger charge is 2.29. The first kappa shape index (κ1) is 17.8. The maximum absolute atomic E-state index is 11.4. The van der Waals surface area contributed by atoms with Gasteiger partial charge in [0.25, 0.3) is 0 Å². The number of hydrogen-bond donors (Lipinski definition) is 1. The van der Waals surface area contributed by atoms with Crippen molar-refractivity contribution < 1.29 is 17.9 Å².